The molecule has 0 saturated heterocycles. The van der Waals surface area contributed by atoms with E-state index < -0.39 is 0 Å². The van der Waals surface area contributed by atoms with Crippen LogP contribution in [-0.2, 0) is 4.79 Å². The van der Waals surface area contributed by atoms with Crippen molar-refractivity contribution in [2.45, 2.75) is 49.3 Å². The van der Waals surface area contributed by atoms with Gasteiger partial charge in [0.15, 0.2) is 0 Å². The number of halogens is 1. The highest BCUT2D eigenvalue weighted by Gasteiger charge is 2.57. The number of benzene rings is 2. The van der Waals surface area contributed by atoms with Gasteiger partial charge in [0.1, 0.15) is 0 Å². The number of nitrogens with one attached hydrogen (secondary N) is 1. The molecule has 4 fully saturated rings. The second-order valence-electron chi connectivity index (χ2n) is 8.90. The monoisotopic (exact) mass is 397 g/mol. The molecule has 130 valence electrons. The molecule has 25 heavy (non-hydrogen) atoms. The Morgan fingerprint density at radius 1 is 1.04 bits per heavy atom. The predicted molar refractivity (Wildman–Crippen MR) is 106 cm³/mol. The molecule has 0 heterocycles. The highest BCUT2D eigenvalue weighted by Crippen LogP contribution is 2.65. The SMILES string of the molecule is O=C(CC12C[C@@H]3C[C@@H](CC(Br)(C3)C1)C2)Nc1ccc2ccccc2c1. The van der Waals surface area contributed by atoms with Gasteiger partial charge in [0, 0.05) is 16.4 Å². The molecule has 2 aromatic rings. The molecular weight excluding hydrogens is 374 g/mol. The Labute approximate surface area is 157 Å². The van der Waals surface area contributed by atoms with Gasteiger partial charge in [-0.1, -0.05) is 46.3 Å². The second-order valence-corrected chi connectivity index (χ2v) is 10.6. The van der Waals surface area contributed by atoms with Gasteiger partial charge >= 0.3 is 0 Å². The van der Waals surface area contributed by atoms with Crippen LogP contribution in [-0.4, -0.2) is 10.2 Å². The van der Waals surface area contributed by atoms with Crippen LogP contribution in [0.25, 0.3) is 10.8 Å². The van der Waals surface area contributed by atoms with Crippen molar-refractivity contribution in [3.8, 4) is 0 Å². The molecule has 4 bridgehead atoms. The van der Waals surface area contributed by atoms with E-state index in [0.717, 1.165) is 17.5 Å². The Bertz CT molecular complexity index is 831. The normalized spacial score (nSPS) is 35.9. The lowest BCUT2D eigenvalue weighted by Crippen LogP contribution is -2.53. The van der Waals surface area contributed by atoms with Gasteiger partial charge in [-0.2, -0.15) is 0 Å². The van der Waals surface area contributed by atoms with E-state index >= 15 is 0 Å². The predicted octanol–water partition coefficient (Wildman–Crippen LogP) is 5.90. The molecule has 0 spiro atoms. The summed E-state index contributed by atoms with van der Waals surface area (Å²) in [5.41, 5.74) is 1.15. The molecule has 6 rings (SSSR count). The maximum absolute atomic E-state index is 12.8. The first-order chi connectivity index (χ1) is 12.0. The van der Waals surface area contributed by atoms with Crippen molar-refractivity contribution >= 4 is 38.3 Å². The van der Waals surface area contributed by atoms with Crippen LogP contribution in [0.5, 0.6) is 0 Å². The van der Waals surface area contributed by atoms with E-state index in [1.54, 1.807) is 0 Å². The van der Waals surface area contributed by atoms with Gasteiger partial charge in [-0.05, 0) is 78.7 Å². The fourth-order valence-electron chi connectivity index (χ4n) is 6.36. The lowest BCUT2D eigenvalue weighted by molar-refractivity contribution is -0.123. The topological polar surface area (TPSA) is 29.1 Å². The first-order valence-corrected chi connectivity index (χ1v) is 10.3. The third-order valence-electron chi connectivity index (χ3n) is 6.68. The van der Waals surface area contributed by atoms with Crippen LogP contribution >= 0.6 is 15.9 Å². The van der Waals surface area contributed by atoms with E-state index in [4.69, 9.17) is 0 Å². The molecule has 4 atom stereocenters. The highest BCUT2D eigenvalue weighted by molar-refractivity contribution is 9.10. The summed E-state index contributed by atoms with van der Waals surface area (Å²) in [5, 5.41) is 5.55. The third kappa shape index (κ3) is 2.91. The number of hydrogen-bond donors (Lipinski definition) is 1. The van der Waals surface area contributed by atoms with E-state index in [2.05, 4.69) is 45.5 Å². The van der Waals surface area contributed by atoms with Crippen molar-refractivity contribution in [2.24, 2.45) is 17.3 Å². The molecule has 4 saturated carbocycles. The molecule has 4 aliphatic rings. The molecule has 0 radical (unpaired) electrons. The number of alkyl halides is 1. The standard InChI is InChI=1S/C22H24BrNO/c23-22-11-15-7-16(12-22)10-21(9-15,14-22)13-20(25)24-19-6-5-17-3-1-2-4-18(17)8-19/h1-6,8,15-16H,7,9-14H2,(H,24,25)/t15-,16+,21?,22?. The van der Waals surface area contributed by atoms with Gasteiger partial charge < -0.3 is 5.32 Å². The van der Waals surface area contributed by atoms with Crippen molar-refractivity contribution < 1.29 is 4.79 Å². The summed E-state index contributed by atoms with van der Waals surface area (Å²) in [6.45, 7) is 0. The van der Waals surface area contributed by atoms with E-state index in [1.807, 2.05) is 18.2 Å². The second kappa shape index (κ2) is 5.57. The summed E-state index contributed by atoms with van der Waals surface area (Å²) in [7, 11) is 0. The van der Waals surface area contributed by atoms with Gasteiger partial charge in [0.05, 0.1) is 0 Å². The third-order valence-corrected chi connectivity index (χ3v) is 7.61. The zero-order chi connectivity index (χ0) is 17.1. The number of anilines is 1. The minimum atomic E-state index is 0.188. The van der Waals surface area contributed by atoms with Gasteiger partial charge in [-0.3, -0.25) is 4.79 Å². The van der Waals surface area contributed by atoms with Gasteiger partial charge in [-0.15, -0.1) is 0 Å². The van der Waals surface area contributed by atoms with Crippen molar-refractivity contribution in [3.05, 3.63) is 42.5 Å². The van der Waals surface area contributed by atoms with Crippen molar-refractivity contribution in [1.82, 2.24) is 0 Å². The van der Waals surface area contributed by atoms with Crippen LogP contribution in [0, 0.1) is 17.3 Å². The zero-order valence-electron chi connectivity index (χ0n) is 14.4. The number of hydrogen-bond acceptors (Lipinski definition) is 1. The molecule has 1 N–H and O–H groups in total. The molecule has 1 amide bonds. The van der Waals surface area contributed by atoms with Gasteiger partial charge in [-0.25, -0.2) is 0 Å². The van der Waals surface area contributed by atoms with E-state index in [9.17, 15) is 4.79 Å². The number of fused-ring (bicyclic) bond motifs is 1. The van der Waals surface area contributed by atoms with Crippen LogP contribution in [0.1, 0.15) is 44.9 Å². The highest BCUT2D eigenvalue weighted by atomic mass is 79.9. The Morgan fingerprint density at radius 3 is 2.48 bits per heavy atom. The molecule has 0 aromatic heterocycles. The summed E-state index contributed by atoms with van der Waals surface area (Å²) in [6, 6.07) is 14.5. The smallest absolute Gasteiger partial charge is 0.224 e. The lowest BCUT2D eigenvalue weighted by Gasteiger charge is -2.60. The number of carbonyl (C=O) groups excluding carboxylic acids is 1. The molecular formula is C22H24BrNO. The van der Waals surface area contributed by atoms with Gasteiger partial charge in [0.25, 0.3) is 0 Å². The number of amides is 1. The molecule has 2 aromatic carbocycles. The summed E-state index contributed by atoms with van der Waals surface area (Å²) in [6.07, 6.45) is 8.39. The Hall–Kier alpha value is -1.35. The average Bonchev–Trinajstić information content (AvgIpc) is 2.51. The van der Waals surface area contributed by atoms with E-state index in [1.165, 1.54) is 49.3 Å². The minimum Gasteiger partial charge on any atom is -0.326 e. The maximum atomic E-state index is 12.8. The molecule has 3 heteroatoms. The Kier molecular flexibility index (Phi) is 3.54. The molecule has 4 aliphatic carbocycles. The van der Waals surface area contributed by atoms with Crippen molar-refractivity contribution in [3.63, 3.8) is 0 Å². The molecule has 2 nitrogen and oxygen atoms in total. The van der Waals surface area contributed by atoms with Gasteiger partial charge in [0.2, 0.25) is 5.91 Å². The molecule has 0 aliphatic heterocycles. The zero-order valence-corrected chi connectivity index (χ0v) is 16.0. The summed E-state index contributed by atoms with van der Waals surface area (Å²) >= 11 is 4.04. The van der Waals surface area contributed by atoms with E-state index in [0.29, 0.717) is 10.7 Å². The summed E-state index contributed by atoms with van der Waals surface area (Å²) in [5.74, 6) is 1.84. The maximum Gasteiger partial charge on any atom is 0.224 e. The summed E-state index contributed by atoms with van der Waals surface area (Å²) in [4.78, 5) is 12.8. The van der Waals surface area contributed by atoms with Crippen LogP contribution in [0.4, 0.5) is 5.69 Å². The number of carbonyl (C=O) groups is 1. The van der Waals surface area contributed by atoms with Crippen molar-refractivity contribution in [2.75, 3.05) is 5.32 Å². The largest absolute Gasteiger partial charge is 0.326 e. The summed E-state index contributed by atoms with van der Waals surface area (Å²) < 4.78 is 0.320. The van der Waals surface area contributed by atoms with Crippen LogP contribution in [0.3, 0.4) is 0 Å². The Balaban J connectivity index is 1.33. The quantitative estimate of drug-likeness (QED) is 0.641. The van der Waals surface area contributed by atoms with E-state index in [-0.39, 0.29) is 11.3 Å². The van der Waals surface area contributed by atoms with Crippen molar-refractivity contribution in [1.29, 1.82) is 0 Å². The van der Waals surface area contributed by atoms with Crippen LogP contribution in [0.2, 0.25) is 0 Å². The fraction of sp³-hybridized carbons (Fsp3) is 0.500. The van der Waals surface area contributed by atoms with Crippen LogP contribution in [0.15, 0.2) is 42.5 Å². The first kappa shape index (κ1) is 15.9. The first-order valence-electron chi connectivity index (χ1n) is 9.49. The lowest BCUT2D eigenvalue weighted by atomic mass is 9.48. The minimum absolute atomic E-state index is 0.188. The Morgan fingerprint density at radius 2 is 1.76 bits per heavy atom. The number of rotatable bonds is 3. The average molecular weight is 398 g/mol. The molecule has 2 unspecified atom stereocenters. The van der Waals surface area contributed by atoms with Crippen LogP contribution < -0.4 is 5.32 Å². The fourth-order valence-corrected chi connectivity index (χ4v) is 7.87.